The number of hydrogen-bond donors (Lipinski definition) is 1. The minimum absolute atomic E-state index is 0.101. The first-order chi connectivity index (χ1) is 8.54. The van der Waals surface area contributed by atoms with Gasteiger partial charge in [0.05, 0.1) is 18.0 Å². The minimum atomic E-state index is -0.101. The number of benzene rings is 1. The number of ether oxygens (including phenoxy) is 1. The third-order valence-electron chi connectivity index (χ3n) is 2.80. The first-order valence-corrected chi connectivity index (χ1v) is 6.40. The Labute approximate surface area is 114 Å². The SMILES string of the molecule is COCc1[nH]n(-c2cc(C)ccc2C)c(=O)c1Br. The molecule has 0 aliphatic heterocycles. The van der Waals surface area contributed by atoms with E-state index in [2.05, 4.69) is 21.0 Å². The number of hydrogen-bond acceptors (Lipinski definition) is 2. The first kappa shape index (κ1) is 13.1. The topological polar surface area (TPSA) is 47.0 Å². The Balaban J connectivity index is 2.61. The molecule has 0 aliphatic carbocycles. The molecule has 0 aliphatic rings. The van der Waals surface area contributed by atoms with Crippen LogP contribution in [-0.4, -0.2) is 16.9 Å². The summed E-state index contributed by atoms with van der Waals surface area (Å²) in [7, 11) is 1.60. The predicted molar refractivity (Wildman–Crippen MR) is 74.3 cm³/mol. The molecular formula is C13H15BrN2O2. The van der Waals surface area contributed by atoms with Gasteiger partial charge in [-0.25, -0.2) is 4.68 Å². The lowest BCUT2D eigenvalue weighted by Gasteiger charge is -2.07. The van der Waals surface area contributed by atoms with E-state index in [1.165, 1.54) is 0 Å². The van der Waals surface area contributed by atoms with Crippen molar-refractivity contribution < 1.29 is 4.74 Å². The number of aromatic amines is 1. The number of aryl methyl sites for hydroxylation is 2. The summed E-state index contributed by atoms with van der Waals surface area (Å²) in [6.07, 6.45) is 0. The van der Waals surface area contributed by atoms with Crippen LogP contribution in [0.15, 0.2) is 27.5 Å². The molecule has 1 aromatic carbocycles. The standard InChI is InChI=1S/C13H15BrN2O2/c1-8-4-5-9(2)11(6-8)16-13(17)12(14)10(15-16)7-18-3/h4-6,15H,7H2,1-3H3. The summed E-state index contributed by atoms with van der Waals surface area (Å²) in [6.45, 7) is 4.35. The van der Waals surface area contributed by atoms with E-state index in [0.717, 1.165) is 22.5 Å². The Morgan fingerprint density at radius 2 is 2.11 bits per heavy atom. The van der Waals surface area contributed by atoms with Gasteiger partial charge in [-0.2, -0.15) is 0 Å². The van der Waals surface area contributed by atoms with E-state index in [-0.39, 0.29) is 5.56 Å². The Morgan fingerprint density at radius 3 is 2.78 bits per heavy atom. The Bertz CT molecular complexity index is 628. The molecule has 0 radical (unpaired) electrons. The first-order valence-electron chi connectivity index (χ1n) is 5.60. The third-order valence-corrected chi connectivity index (χ3v) is 3.61. The van der Waals surface area contributed by atoms with Crippen LogP contribution in [0.4, 0.5) is 0 Å². The van der Waals surface area contributed by atoms with E-state index in [0.29, 0.717) is 11.1 Å². The molecule has 4 nitrogen and oxygen atoms in total. The molecule has 0 saturated heterocycles. The van der Waals surface area contributed by atoms with Gasteiger partial charge in [0.2, 0.25) is 0 Å². The maximum Gasteiger partial charge on any atom is 0.285 e. The maximum atomic E-state index is 12.2. The van der Waals surface area contributed by atoms with Crippen molar-refractivity contribution in [3.05, 3.63) is 49.8 Å². The summed E-state index contributed by atoms with van der Waals surface area (Å²) >= 11 is 3.30. The van der Waals surface area contributed by atoms with Gasteiger partial charge in [0, 0.05) is 7.11 Å². The smallest absolute Gasteiger partial charge is 0.285 e. The molecule has 1 aromatic heterocycles. The second-order valence-electron chi connectivity index (χ2n) is 4.27. The highest BCUT2D eigenvalue weighted by Crippen LogP contribution is 2.17. The minimum Gasteiger partial charge on any atom is -0.378 e. The number of rotatable bonds is 3. The van der Waals surface area contributed by atoms with E-state index in [4.69, 9.17) is 4.74 Å². The predicted octanol–water partition coefficient (Wildman–Crippen LogP) is 2.69. The molecule has 96 valence electrons. The fourth-order valence-electron chi connectivity index (χ4n) is 1.83. The summed E-state index contributed by atoms with van der Waals surface area (Å²) in [5.74, 6) is 0. The Hall–Kier alpha value is -1.33. The number of methoxy groups -OCH3 is 1. The molecule has 0 fully saturated rings. The summed E-state index contributed by atoms with van der Waals surface area (Å²) in [4.78, 5) is 12.2. The fraction of sp³-hybridized carbons (Fsp3) is 0.308. The number of H-pyrrole nitrogens is 1. The van der Waals surface area contributed by atoms with Crippen molar-refractivity contribution in [2.75, 3.05) is 7.11 Å². The second kappa shape index (κ2) is 5.12. The van der Waals surface area contributed by atoms with Crippen LogP contribution in [-0.2, 0) is 11.3 Å². The largest absolute Gasteiger partial charge is 0.378 e. The molecule has 0 saturated carbocycles. The van der Waals surface area contributed by atoms with E-state index in [1.54, 1.807) is 11.8 Å². The average molecular weight is 311 g/mol. The van der Waals surface area contributed by atoms with E-state index in [9.17, 15) is 4.79 Å². The maximum absolute atomic E-state index is 12.2. The van der Waals surface area contributed by atoms with Crippen molar-refractivity contribution in [3.63, 3.8) is 0 Å². The van der Waals surface area contributed by atoms with E-state index in [1.807, 2.05) is 32.0 Å². The van der Waals surface area contributed by atoms with Gasteiger partial charge in [-0.15, -0.1) is 0 Å². The normalized spacial score (nSPS) is 10.9. The van der Waals surface area contributed by atoms with E-state index >= 15 is 0 Å². The van der Waals surface area contributed by atoms with Crippen LogP contribution in [0.25, 0.3) is 5.69 Å². The average Bonchev–Trinajstić information content (AvgIpc) is 2.61. The molecule has 2 rings (SSSR count). The van der Waals surface area contributed by atoms with Crippen LogP contribution in [0.3, 0.4) is 0 Å². The fourth-order valence-corrected chi connectivity index (χ4v) is 2.21. The van der Waals surface area contributed by atoms with E-state index < -0.39 is 0 Å². The van der Waals surface area contributed by atoms with Gasteiger partial charge in [0.1, 0.15) is 4.47 Å². The highest BCUT2D eigenvalue weighted by molar-refractivity contribution is 9.10. The van der Waals surface area contributed by atoms with Crippen LogP contribution >= 0.6 is 15.9 Å². The zero-order valence-electron chi connectivity index (χ0n) is 10.6. The molecule has 18 heavy (non-hydrogen) atoms. The van der Waals surface area contributed by atoms with Crippen molar-refractivity contribution in [2.24, 2.45) is 0 Å². The van der Waals surface area contributed by atoms with Gasteiger partial charge in [-0.05, 0) is 47.0 Å². The van der Waals surface area contributed by atoms with Crippen LogP contribution in [0, 0.1) is 13.8 Å². The monoisotopic (exact) mass is 310 g/mol. The summed E-state index contributed by atoms with van der Waals surface area (Å²) in [5.41, 5.74) is 3.66. The van der Waals surface area contributed by atoms with Crippen molar-refractivity contribution in [3.8, 4) is 5.69 Å². The van der Waals surface area contributed by atoms with Crippen LogP contribution < -0.4 is 5.56 Å². The van der Waals surface area contributed by atoms with Gasteiger partial charge < -0.3 is 4.74 Å². The Morgan fingerprint density at radius 1 is 1.39 bits per heavy atom. The molecule has 5 heteroatoms. The van der Waals surface area contributed by atoms with Gasteiger partial charge in [0.25, 0.3) is 5.56 Å². The lowest BCUT2D eigenvalue weighted by atomic mass is 10.1. The molecule has 0 atom stereocenters. The zero-order valence-corrected chi connectivity index (χ0v) is 12.2. The van der Waals surface area contributed by atoms with Gasteiger partial charge in [-0.3, -0.25) is 9.89 Å². The molecule has 1 heterocycles. The number of aromatic nitrogens is 2. The quantitative estimate of drug-likeness (QED) is 0.947. The summed E-state index contributed by atoms with van der Waals surface area (Å²) in [5, 5.41) is 3.07. The highest BCUT2D eigenvalue weighted by atomic mass is 79.9. The second-order valence-corrected chi connectivity index (χ2v) is 5.06. The molecule has 0 bridgehead atoms. The van der Waals surface area contributed by atoms with Crippen molar-refractivity contribution in [1.29, 1.82) is 0 Å². The van der Waals surface area contributed by atoms with Crippen molar-refractivity contribution in [1.82, 2.24) is 9.78 Å². The van der Waals surface area contributed by atoms with Crippen molar-refractivity contribution in [2.45, 2.75) is 20.5 Å². The third kappa shape index (κ3) is 2.28. The number of halogens is 1. The van der Waals surface area contributed by atoms with Crippen molar-refractivity contribution >= 4 is 15.9 Å². The zero-order chi connectivity index (χ0) is 13.3. The lowest BCUT2D eigenvalue weighted by Crippen LogP contribution is -2.15. The molecule has 2 aromatic rings. The number of nitrogens with zero attached hydrogens (tertiary/aromatic N) is 1. The lowest BCUT2D eigenvalue weighted by molar-refractivity contribution is 0.180. The molecule has 0 unspecified atom stereocenters. The highest BCUT2D eigenvalue weighted by Gasteiger charge is 2.13. The molecule has 0 amide bonds. The van der Waals surface area contributed by atoms with Crippen LogP contribution in [0.2, 0.25) is 0 Å². The van der Waals surface area contributed by atoms with Gasteiger partial charge in [-0.1, -0.05) is 12.1 Å². The van der Waals surface area contributed by atoms with Crippen LogP contribution in [0.5, 0.6) is 0 Å². The van der Waals surface area contributed by atoms with Gasteiger partial charge in [0.15, 0.2) is 0 Å². The molecule has 1 N–H and O–H groups in total. The summed E-state index contributed by atoms with van der Waals surface area (Å²) < 4.78 is 7.11. The van der Waals surface area contributed by atoms with Gasteiger partial charge >= 0.3 is 0 Å². The Kier molecular flexibility index (Phi) is 3.73. The number of nitrogens with one attached hydrogen (secondary N) is 1. The molecule has 0 spiro atoms. The van der Waals surface area contributed by atoms with Crippen LogP contribution in [0.1, 0.15) is 16.8 Å². The molecular weight excluding hydrogens is 296 g/mol. The summed E-state index contributed by atoms with van der Waals surface area (Å²) in [6, 6.07) is 6.01.